The maximum absolute atomic E-state index is 14.3. The van der Waals surface area contributed by atoms with E-state index in [0.29, 0.717) is 0 Å². The maximum atomic E-state index is 14.3. The zero-order valence-electron chi connectivity index (χ0n) is 32.6. The molecule has 3 heterocycles. The Morgan fingerprint density at radius 2 is 1.68 bits per heavy atom. The molecule has 0 aliphatic carbocycles. The van der Waals surface area contributed by atoms with Crippen molar-refractivity contribution in [1.29, 1.82) is 0 Å². The molecule has 2 aromatic rings. The number of carbonyl (C=O) groups excluding carboxylic acids is 3. The molecule has 0 radical (unpaired) electrons. The molecule has 17 heteroatoms. The third-order valence-electron chi connectivity index (χ3n) is 10.4. The van der Waals surface area contributed by atoms with Gasteiger partial charge in [-0.3, -0.25) is 19.8 Å². The first kappa shape index (κ1) is 43.5. The van der Waals surface area contributed by atoms with Crippen LogP contribution in [0.2, 0.25) is 0 Å². The van der Waals surface area contributed by atoms with E-state index in [0.717, 1.165) is 12.5 Å². The minimum Gasteiger partial charge on any atom is -0.507 e. The van der Waals surface area contributed by atoms with Crippen molar-refractivity contribution in [3.8, 4) is 23.0 Å². The van der Waals surface area contributed by atoms with Crippen LogP contribution in [0.5, 0.6) is 23.0 Å². The van der Waals surface area contributed by atoms with E-state index in [-0.39, 0.29) is 49.6 Å². The van der Waals surface area contributed by atoms with Gasteiger partial charge in [0, 0.05) is 61.2 Å². The van der Waals surface area contributed by atoms with Gasteiger partial charge in [0.25, 0.3) is 11.7 Å². The molecule has 1 amide bonds. The zero-order valence-corrected chi connectivity index (χ0v) is 33.4. The SMILES string of the molecule is COC1/C=C/OC2(C)Oc3c(C)c(O)c4c(O)c(c(/C=N/NC(N)=S)c(O)c4c3C2=O)NC(=O)C(C)=C/C=C/C(C)C(O)C(C)C(O)C(C)C(OC(C)=O)C1C. The van der Waals surface area contributed by atoms with Gasteiger partial charge in [0.1, 0.15) is 23.4 Å². The van der Waals surface area contributed by atoms with E-state index in [2.05, 4.69) is 15.8 Å². The number of ketones is 1. The molecule has 56 heavy (non-hydrogen) atoms. The lowest BCUT2D eigenvalue weighted by atomic mass is 9.78. The fourth-order valence-electron chi connectivity index (χ4n) is 7.03. The number of phenols is 3. The summed E-state index contributed by atoms with van der Waals surface area (Å²) in [7, 11) is 1.42. The number of esters is 1. The lowest BCUT2D eigenvalue weighted by molar-refractivity contribution is -0.160. The Labute approximate surface area is 329 Å². The van der Waals surface area contributed by atoms with Gasteiger partial charge in [0.05, 0.1) is 53.0 Å². The third-order valence-corrected chi connectivity index (χ3v) is 10.5. The van der Waals surface area contributed by atoms with Crippen molar-refractivity contribution in [2.24, 2.45) is 34.5 Å². The summed E-state index contributed by atoms with van der Waals surface area (Å²) in [5.41, 5.74) is 7.04. The quantitative estimate of drug-likeness (QED) is 0.0545. The fourth-order valence-corrected chi connectivity index (χ4v) is 7.09. The number of fused-ring (bicyclic) bond motifs is 14. The van der Waals surface area contributed by atoms with Crippen molar-refractivity contribution in [3.63, 3.8) is 0 Å². The van der Waals surface area contributed by atoms with Gasteiger partial charge in [0.15, 0.2) is 10.9 Å². The van der Waals surface area contributed by atoms with E-state index < -0.39 is 88.8 Å². The molecule has 5 rings (SSSR count). The normalized spacial score (nSPS) is 30.0. The molecule has 3 aliphatic rings. The first-order valence-corrected chi connectivity index (χ1v) is 18.3. The van der Waals surface area contributed by atoms with Crippen LogP contribution in [0.4, 0.5) is 5.69 Å². The highest BCUT2D eigenvalue weighted by atomic mass is 32.1. The van der Waals surface area contributed by atoms with Gasteiger partial charge >= 0.3 is 11.8 Å². The maximum Gasteiger partial charge on any atom is 0.312 e. The molecule has 9 atom stereocenters. The van der Waals surface area contributed by atoms with Crippen LogP contribution >= 0.6 is 12.2 Å². The number of hydrogen-bond acceptors (Lipinski definition) is 14. The number of hydrogen-bond donors (Lipinski definition) is 8. The number of aliphatic hydroxyl groups excluding tert-OH is 2. The second-order valence-electron chi connectivity index (χ2n) is 14.4. The summed E-state index contributed by atoms with van der Waals surface area (Å²) < 4.78 is 23.4. The number of nitrogens with one attached hydrogen (secondary N) is 2. The van der Waals surface area contributed by atoms with Gasteiger partial charge in [-0.1, -0.05) is 45.9 Å². The van der Waals surface area contributed by atoms with E-state index in [1.807, 2.05) is 0 Å². The third kappa shape index (κ3) is 8.45. The average molecular weight is 799 g/mol. The van der Waals surface area contributed by atoms with Crippen molar-refractivity contribution in [1.82, 2.24) is 5.43 Å². The summed E-state index contributed by atoms with van der Waals surface area (Å²) in [5.74, 6) is -8.89. The molecule has 0 saturated carbocycles. The lowest BCUT2D eigenvalue weighted by Gasteiger charge is -2.38. The number of nitrogens with zero attached hydrogens (tertiary/aromatic N) is 1. The smallest absolute Gasteiger partial charge is 0.312 e. The summed E-state index contributed by atoms with van der Waals surface area (Å²) in [6.45, 7) is 12.3. The minimum absolute atomic E-state index is 0.0122. The number of hydrazone groups is 1. The fraction of sp³-hybridized carbons (Fsp3) is 0.462. The first-order chi connectivity index (χ1) is 26.2. The topological polar surface area (TPSA) is 252 Å². The molecular formula is C39H50N4O12S. The van der Waals surface area contributed by atoms with Crippen molar-refractivity contribution >= 4 is 57.7 Å². The highest BCUT2D eigenvalue weighted by Gasteiger charge is 2.50. The van der Waals surface area contributed by atoms with Gasteiger partial charge in [0.2, 0.25) is 0 Å². The number of allylic oxidation sites excluding steroid dienone is 2. The van der Waals surface area contributed by atoms with Crippen LogP contribution in [0.1, 0.15) is 70.0 Å². The van der Waals surface area contributed by atoms with Crippen molar-refractivity contribution < 1.29 is 58.9 Å². The molecule has 2 aromatic carbocycles. The van der Waals surface area contributed by atoms with Gasteiger partial charge in [-0.15, -0.1) is 0 Å². The second-order valence-corrected chi connectivity index (χ2v) is 14.8. The second kappa shape index (κ2) is 17.3. The predicted octanol–water partition coefficient (Wildman–Crippen LogP) is 3.92. The van der Waals surface area contributed by atoms with Crippen molar-refractivity contribution in [2.45, 2.75) is 85.6 Å². The van der Waals surface area contributed by atoms with Gasteiger partial charge in [-0.25, -0.2) is 0 Å². The highest BCUT2D eigenvalue weighted by molar-refractivity contribution is 7.80. The van der Waals surface area contributed by atoms with E-state index in [1.165, 1.54) is 47.0 Å². The van der Waals surface area contributed by atoms with Crippen LogP contribution < -0.4 is 21.2 Å². The average Bonchev–Trinajstić information content (AvgIpc) is 3.41. The first-order valence-electron chi connectivity index (χ1n) is 17.8. The molecule has 3 aliphatic heterocycles. The standard InChI is InChI=1S/C39H50N4O12S/c1-16-11-10-12-17(2)37(51)42-28-23(15-41-43-38(40)56)32(48)25-26(33(28)49)31(47)21(6)35-27(25)36(50)39(8,55-35)53-14-13-24(52-9)18(3)34(54-22(7)44)20(5)30(46)19(4)29(16)45/h10-16,18-20,24,29-30,34,45-49H,1-9H3,(H,42,51)(H3,40,43,56)/b11-10+,14-13+,17-12?,41-15+. The van der Waals surface area contributed by atoms with Crippen LogP contribution in [-0.4, -0.2) is 91.8 Å². The molecule has 0 saturated heterocycles. The molecular weight excluding hydrogens is 749 g/mol. The van der Waals surface area contributed by atoms with E-state index in [1.54, 1.807) is 39.8 Å². The number of carbonyl (C=O) groups is 3. The predicted molar refractivity (Wildman–Crippen MR) is 211 cm³/mol. The molecule has 304 valence electrons. The number of Topliss-reactive ketones (excluding diaryl/α,β-unsaturated/α-hetero) is 1. The molecule has 0 aromatic heterocycles. The number of benzene rings is 2. The zero-order chi connectivity index (χ0) is 42.0. The van der Waals surface area contributed by atoms with Crippen LogP contribution in [-0.2, 0) is 23.8 Å². The molecule has 9 N–H and O–H groups in total. The number of aromatic hydroxyl groups is 3. The monoisotopic (exact) mass is 798 g/mol. The Balaban J connectivity index is 1.98. The Bertz CT molecular complexity index is 2030. The Morgan fingerprint density at radius 3 is 2.29 bits per heavy atom. The molecule has 16 nitrogen and oxygen atoms in total. The summed E-state index contributed by atoms with van der Waals surface area (Å²) in [6.07, 6.45) is 4.31. The van der Waals surface area contributed by atoms with E-state index in [4.69, 9.17) is 36.9 Å². The number of aliphatic hydroxyl groups is 2. The van der Waals surface area contributed by atoms with Crippen LogP contribution in [0.25, 0.3) is 10.8 Å². The summed E-state index contributed by atoms with van der Waals surface area (Å²) >= 11 is 4.81. The van der Waals surface area contributed by atoms with E-state index in [9.17, 15) is 39.9 Å². The number of thiocarbonyl (C=S) groups is 1. The largest absolute Gasteiger partial charge is 0.507 e. The number of methoxy groups -OCH3 is 1. The molecule has 9 unspecified atom stereocenters. The molecule has 0 fully saturated rings. The van der Waals surface area contributed by atoms with Crippen LogP contribution in [0.3, 0.4) is 0 Å². The number of nitrogens with two attached hydrogens (primary N) is 1. The lowest BCUT2D eigenvalue weighted by Crippen LogP contribution is -2.46. The van der Waals surface area contributed by atoms with Gasteiger partial charge < -0.3 is 55.5 Å². The van der Waals surface area contributed by atoms with E-state index >= 15 is 0 Å². The highest BCUT2D eigenvalue weighted by Crippen LogP contribution is 2.55. The molecule has 0 spiro atoms. The molecule has 5 bridgehead atoms. The summed E-state index contributed by atoms with van der Waals surface area (Å²) in [6, 6.07) is 0. The Hall–Kier alpha value is -5.23. The summed E-state index contributed by atoms with van der Waals surface area (Å²) in [4.78, 5) is 40.1. The minimum atomic E-state index is -2.08. The number of rotatable bonds is 4. The number of amides is 1. The van der Waals surface area contributed by atoms with Gasteiger partial charge in [-0.05, 0) is 32.1 Å². The van der Waals surface area contributed by atoms with Crippen LogP contribution in [0.15, 0.2) is 41.2 Å². The Kier molecular flexibility index (Phi) is 13.4. The Morgan fingerprint density at radius 1 is 1.02 bits per heavy atom. The van der Waals surface area contributed by atoms with Crippen molar-refractivity contribution in [2.75, 3.05) is 12.4 Å². The van der Waals surface area contributed by atoms with Crippen LogP contribution in [0, 0.1) is 30.6 Å². The van der Waals surface area contributed by atoms with Gasteiger partial charge in [-0.2, -0.15) is 5.10 Å². The number of phenolic OH excluding ortho intramolecular Hbond substituents is 3. The number of anilines is 1. The van der Waals surface area contributed by atoms with Crippen molar-refractivity contribution in [3.05, 3.63) is 52.8 Å². The number of ether oxygens (including phenoxy) is 4. The summed E-state index contributed by atoms with van der Waals surface area (Å²) in [5, 5.41) is 63.1.